The van der Waals surface area contributed by atoms with E-state index >= 15 is 0 Å². The lowest BCUT2D eigenvalue weighted by atomic mass is 10.2. The molecule has 1 aromatic heterocycles. The first kappa shape index (κ1) is 22.0. The molecule has 2 heterocycles. The topological polar surface area (TPSA) is 58.3 Å². The Kier molecular flexibility index (Phi) is 8.88. The minimum Gasteiger partial charge on any atom is -0.349 e. The van der Waals surface area contributed by atoms with Gasteiger partial charge in [0.2, 0.25) is 0 Å². The third kappa shape index (κ3) is 6.10. The maximum Gasteiger partial charge on any atom is 0.194 e. The summed E-state index contributed by atoms with van der Waals surface area (Å²) in [7, 11) is 2.00. The Morgan fingerprint density at radius 3 is 2.74 bits per heavy atom. The number of nitrogens with one attached hydrogen (secondary N) is 1. The van der Waals surface area contributed by atoms with Crippen molar-refractivity contribution in [1.82, 2.24) is 25.0 Å². The fourth-order valence-electron chi connectivity index (χ4n) is 2.94. The molecule has 0 bridgehead atoms. The van der Waals surface area contributed by atoms with Crippen LogP contribution in [-0.2, 0) is 20.1 Å². The molecule has 1 aliphatic rings. The van der Waals surface area contributed by atoms with Crippen molar-refractivity contribution in [2.75, 3.05) is 18.8 Å². The first-order valence-electron chi connectivity index (χ1n) is 9.21. The molecule has 1 fully saturated rings. The zero-order valence-corrected chi connectivity index (χ0v) is 19.4. The van der Waals surface area contributed by atoms with E-state index in [1.807, 2.05) is 24.6 Å². The number of aryl methyl sites for hydroxylation is 1. The molecule has 3 rings (SSSR count). The van der Waals surface area contributed by atoms with Crippen LogP contribution in [0.1, 0.15) is 30.6 Å². The summed E-state index contributed by atoms with van der Waals surface area (Å²) in [6, 6.07) is 10.4. The number of benzene rings is 1. The summed E-state index contributed by atoms with van der Waals surface area (Å²) < 4.78 is 2.02. The highest BCUT2D eigenvalue weighted by Crippen LogP contribution is 2.21. The van der Waals surface area contributed by atoms with E-state index in [-0.39, 0.29) is 24.0 Å². The minimum atomic E-state index is 0. The average molecular weight is 500 g/mol. The quantitative estimate of drug-likeness (QED) is 0.388. The molecule has 148 valence electrons. The SMILES string of the molecule is CCC1CN(C(=NCc2ccccc2)NCc2nnc(C)n2C)CCS1.I. The van der Waals surface area contributed by atoms with E-state index in [4.69, 9.17) is 4.99 Å². The van der Waals surface area contributed by atoms with E-state index in [1.54, 1.807) is 0 Å². The normalized spacial score (nSPS) is 17.5. The Morgan fingerprint density at radius 1 is 1.30 bits per heavy atom. The Bertz CT molecular complexity index is 733. The van der Waals surface area contributed by atoms with E-state index in [2.05, 4.69) is 63.4 Å². The molecule has 27 heavy (non-hydrogen) atoms. The van der Waals surface area contributed by atoms with Crippen molar-refractivity contribution in [2.24, 2.45) is 12.0 Å². The number of hydrogen-bond acceptors (Lipinski definition) is 4. The molecule has 0 spiro atoms. The highest BCUT2D eigenvalue weighted by molar-refractivity contribution is 14.0. The Morgan fingerprint density at radius 2 is 2.07 bits per heavy atom. The predicted octanol–water partition coefficient (Wildman–Crippen LogP) is 3.21. The van der Waals surface area contributed by atoms with Gasteiger partial charge in [0, 0.05) is 31.1 Å². The van der Waals surface area contributed by atoms with Crippen LogP contribution in [0.25, 0.3) is 0 Å². The second-order valence-electron chi connectivity index (χ2n) is 6.55. The fraction of sp³-hybridized carbons (Fsp3) is 0.526. The molecular formula is C19H29IN6S. The van der Waals surface area contributed by atoms with Gasteiger partial charge in [-0.3, -0.25) is 0 Å². The van der Waals surface area contributed by atoms with E-state index in [0.29, 0.717) is 18.3 Å². The van der Waals surface area contributed by atoms with Crippen molar-refractivity contribution >= 4 is 41.7 Å². The number of halogens is 1. The summed E-state index contributed by atoms with van der Waals surface area (Å²) in [5.74, 6) is 3.96. The number of thioether (sulfide) groups is 1. The first-order chi connectivity index (χ1) is 12.7. The molecule has 1 aromatic carbocycles. The number of aromatic nitrogens is 3. The van der Waals surface area contributed by atoms with E-state index < -0.39 is 0 Å². The molecule has 1 atom stereocenters. The van der Waals surface area contributed by atoms with Gasteiger partial charge in [0.15, 0.2) is 11.8 Å². The zero-order chi connectivity index (χ0) is 18.4. The maximum absolute atomic E-state index is 4.90. The molecule has 0 amide bonds. The monoisotopic (exact) mass is 500 g/mol. The van der Waals surface area contributed by atoms with Crippen LogP contribution in [0.3, 0.4) is 0 Å². The van der Waals surface area contributed by atoms with Crippen LogP contribution >= 0.6 is 35.7 Å². The second-order valence-corrected chi connectivity index (χ2v) is 7.96. The Balaban J connectivity index is 0.00000261. The maximum atomic E-state index is 4.90. The highest BCUT2D eigenvalue weighted by Gasteiger charge is 2.22. The molecule has 6 nitrogen and oxygen atoms in total. The number of hydrogen-bond donors (Lipinski definition) is 1. The summed E-state index contributed by atoms with van der Waals surface area (Å²) in [5, 5.41) is 12.6. The predicted molar refractivity (Wildman–Crippen MR) is 124 cm³/mol. The van der Waals surface area contributed by atoms with Gasteiger partial charge in [0.1, 0.15) is 5.82 Å². The van der Waals surface area contributed by atoms with Gasteiger partial charge < -0.3 is 14.8 Å². The molecule has 8 heteroatoms. The molecule has 1 aliphatic heterocycles. The third-order valence-electron chi connectivity index (χ3n) is 4.74. The van der Waals surface area contributed by atoms with Crippen molar-refractivity contribution in [2.45, 2.75) is 38.6 Å². The van der Waals surface area contributed by atoms with Crippen molar-refractivity contribution in [1.29, 1.82) is 0 Å². The van der Waals surface area contributed by atoms with Crippen LogP contribution in [0.2, 0.25) is 0 Å². The van der Waals surface area contributed by atoms with Crippen LogP contribution in [0.4, 0.5) is 0 Å². The third-order valence-corrected chi connectivity index (χ3v) is 6.11. The minimum absolute atomic E-state index is 0. The van der Waals surface area contributed by atoms with E-state index in [1.165, 1.54) is 12.0 Å². The zero-order valence-electron chi connectivity index (χ0n) is 16.3. The molecule has 2 aromatic rings. The lowest BCUT2D eigenvalue weighted by Crippen LogP contribution is -2.48. The molecule has 1 saturated heterocycles. The molecule has 0 aliphatic carbocycles. The van der Waals surface area contributed by atoms with Gasteiger partial charge >= 0.3 is 0 Å². The largest absolute Gasteiger partial charge is 0.349 e. The Hall–Kier alpha value is -1.29. The van der Waals surface area contributed by atoms with Crippen LogP contribution in [-0.4, -0.2) is 49.7 Å². The highest BCUT2D eigenvalue weighted by atomic mass is 127. The van der Waals surface area contributed by atoms with Crippen LogP contribution in [0.5, 0.6) is 0 Å². The van der Waals surface area contributed by atoms with Crippen LogP contribution in [0.15, 0.2) is 35.3 Å². The Labute approximate surface area is 183 Å². The fourth-order valence-corrected chi connectivity index (χ4v) is 4.12. The van der Waals surface area contributed by atoms with Gasteiger partial charge in [-0.2, -0.15) is 11.8 Å². The van der Waals surface area contributed by atoms with Gasteiger partial charge in [0.25, 0.3) is 0 Å². The van der Waals surface area contributed by atoms with Crippen LogP contribution in [0, 0.1) is 6.92 Å². The summed E-state index contributed by atoms with van der Waals surface area (Å²) in [4.78, 5) is 7.29. The number of guanidine groups is 1. The van der Waals surface area contributed by atoms with Gasteiger partial charge in [0.05, 0.1) is 13.1 Å². The first-order valence-corrected chi connectivity index (χ1v) is 10.3. The van der Waals surface area contributed by atoms with Crippen molar-refractivity contribution in [3.63, 3.8) is 0 Å². The van der Waals surface area contributed by atoms with Gasteiger partial charge in [-0.05, 0) is 18.9 Å². The molecular weight excluding hydrogens is 471 g/mol. The molecule has 1 N–H and O–H groups in total. The summed E-state index contributed by atoms with van der Waals surface area (Å²) in [6.07, 6.45) is 1.19. The molecule has 0 radical (unpaired) electrons. The van der Waals surface area contributed by atoms with Crippen molar-refractivity contribution in [3.8, 4) is 0 Å². The van der Waals surface area contributed by atoms with Crippen molar-refractivity contribution in [3.05, 3.63) is 47.5 Å². The molecule has 0 saturated carbocycles. The van der Waals surface area contributed by atoms with Crippen LogP contribution < -0.4 is 5.32 Å². The summed E-state index contributed by atoms with van der Waals surface area (Å²) in [5.41, 5.74) is 1.22. The smallest absolute Gasteiger partial charge is 0.194 e. The summed E-state index contributed by atoms with van der Waals surface area (Å²) in [6.45, 7) is 7.61. The lowest BCUT2D eigenvalue weighted by molar-refractivity contribution is 0.405. The second kappa shape index (κ2) is 10.9. The lowest BCUT2D eigenvalue weighted by Gasteiger charge is -2.34. The van der Waals surface area contributed by atoms with E-state index in [9.17, 15) is 0 Å². The van der Waals surface area contributed by atoms with Gasteiger partial charge in [-0.25, -0.2) is 4.99 Å². The standard InChI is InChI=1S/C19H28N6S.HI/c1-4-17-14-25(10-11-26-17)19(20-12-16-8-6-5-7-9-16)21-13-18-23-22-15(2)24(18)3;/h5-9,17H,4,10-14H2,1-3H3,(H,20,21);1H. The van der Waals surface area contributed by atoms with E-state index in [0.717, 1.165) is 36.5 Å². The number of nitrogens with zero attached hydrogens (tertiary/aromatic N) is 5. The van der Waals surface area contributed by atoms with Gasteiger partial charge in [-0.1, -0.05) is 37.3 Å². The summed E-state index contributed by atoms with van der Waals surface area (Å²) >= 11 is 2.07. The van der Waals surface area contributed by atoms with Crippen molar-refractivity contribution < 1.29 is 0 Å². The average Bonchev–Trinajstić information content (AvgIpc) is 3.01. The van der Waals surface area contributed by atoms with Gasteiger partial charge in [-0.15, -0.1) is 34.2 Å². The number of aliphatic imine (C=N–C) groups is 1. The number of rotatable bonds is 5. The molecule has 1 unspecified atom stereocenters.